The van der Waals surface area contributed by atoms with Gasteiger partial charge in [-0.25, -0.2) is 0 Å². The Bertz CT molecular complexity index is 761. The lowest BCUT2D eigenvalue weighted by Gasteiger charge is -2.18. The van der Waals surface area contributed by atoms with Gasteiger partial charge in [0, 0.05) is 24.8 Å². The Morgan fingerprint density at radius 1 is 1.17 bits per heavy atom. The van der Waals surface area contributed by atoms with Crippen molar-refractivity contribution in [2.24, 2.45) is 0 Å². The van der Waals surface area contributed by atoms with E-state index in [0.29, 0.717) is 29.4 Å². The largest absolute Gasteiger partial charge is 0.339 e. The number of amides is 2. The van der Waals surface area contributed by atoms with Gasteiger partial charge in [-0.1, -0.05) is 29.3 Å². The Morgan fingerprint density at radius 3 is 2.54 bits per heavy atom. The predicted molar refractivity (Wildman–Crippen MR) is 95.9 cm³/mol. The Morgan fingerprint density at radius 2 is 1.88 bits per heavy atom. The van der Waals surface area contributed by atoms with E-state index in [-0.39, 0.29) is 16.6 Å². The SMILES string of the molecule is CCN(CC)C(=O)c1ccnc(C(=O)Nc2cccc(Cl)c2Cl)c1. The maximum Gasteiger partial charge on any atom is 0.274 e. The third kappa shape index (κ3) is 4.04. The van der Waals surface area contributed by atoms with E-state index in [9.17, 15) is 9.59 Å². The molecule has 2 aromatic rings. The highest BCUT2D eigenvalue weighted by atomic mass is 35.5. The molecule has 126 valence electrons. The molecule has 24 heavy (non-hydrogen) atoms. The Labute approximate surface area is 150 Å². The van der Waals surface area contributed by atoms with Crippen molar-refractivity contribution >= 4 is 40.7 Å². The Hall–Kier alpha value is -2.11. The number of halogens is 2. The van der Waals surface area contributed by atoms with E-state index in [1.165, 1.54) is 12.3 Å². The molecule has 0 radical (unpaired) electrons. The summed E-state index contributed by atoms with van der Waals surface area (Å²) in [6.45, 7) is 4.99. The van der Waals surface area contributed by atoms with Crippen molar-refractivity contribution in [2.75, 3.05) is 18.4 Å². The van der Waals surface area contributed by atoms with Gasteiger partial charge in [-0.3, -0.25) is 14.6 Å². The average molecular weight is 366 g/mol. The number of nitrogens with one attached hydrogen (secondary N) is 1. The summed E-state index contributed by atoms with van der Waals surface area (Å²) in [7, 11) is 0. The van der Waals surface area contributed by atoms with E-state index in [1.807, 2.05) is 13.8 Å². The summed E-state index contributed by atoms with van der Waals surface area (Å²) < 4.78 is 0. The number of hydrogen-bond donors (Lipinski definition) is 1. The minimum atomic E-state index is -0.464. The van der Waals surface area contributed by atoms with Crippen LogP contribution in [-0.2, 0) is 0 Å². The molecule has 0 aliphatic rings. The number of nitrogens with zero attached hydrogens (tertiary/aromatic N) is 2. The van der Waals surface area contributed by atoms with Crippen LogP contribution >= 0.6 is 23.2 Å². The number of anilines is 1. The highest BCUT2D eigenvalue weighted by molar-refractivity contribution is 6.44. The molecule has 0 atom stereocenters. The molecule has 0 saturated carbocycles. The molecule has 0 aliphatic carbocycles. The van der Waals surface area contributed by atoms with Crippen LogP contribution in [0.3, 0.4) is 0 Å². The van der Waals surface area contributed by atoms with Gasteiger partial charge in [0.15, 0.2) is 0 Å². The fourth-order valence-corrected chi connectivity index (χ4v) is 2.52. The standard InChI is InChI=1S/C17H17Cl2N3O2/c1-3-22(4-2)17(24)11-8-9-20-14(10-11)16(23)21-13-7-5-6-12(18)15(13)19/h5-10H,3-4H2,1-2H3,(H,21,23). The molecule has 0 bridgehead atoms. The lowest BCUT2D eigenvalue weighted by Crippen LogP contribution is -2.30. The first-order valence-corrected chi connectivity index (χ1v) is 8.24. The molecule has 2 amide bonds. The lowest BCUT2D eigenvalue weighted by molar-refractivity contribution is 0.0773. The second-order valence-corrected chi connectivity index (χ2v) is 5.75. The zero-order valence-corrected chi connectivity index (χ0v) is 14.9. The van der Waals surface area contributed by atoms with Crippen molar-refractivity contribution in [3.05, 3.63) is 57.8 Å². The molecule has 1 N–H and O–H groups in total. The predicted octanol–water partition coefficient (Wildman–Crippen LogP) is 4.12. The summed E-state index contributed by atoms with van der Waals surface area (Å²) in [5, 5.41) is 3.24. The molecule has 1 heterocycles. The third-order valence-electron chi connectivity index (χ3n) is 3.49. The van der Waals surface area contributed by atoms with E-state index in [4.69, 9.17) is 23.2 Å². The summed E-state index contributed by atoms with van der Waals surface area (Å²) in [6.07, 6.45) is 1.44. The zero-order chi connectivity index (χ0) is 17.7. The van der Waals surface area contributed by atoms with Gasteiger partial charge in [-0.2, -0.15) is 0 Å². The second-order valence-electron chi connectivity index (χ2n) is 4.96. The molecule has 0 spiro atoms. The van der Waals surface area contributed by atoms with Gasteiger partial charge < -0.3 is 10.2 Å². The van der Waals surface area contributed by atoms with Crippen molar-refractivity contribution in [3.8, 4) is 0 Å². The normalized spacial score (nSPS) is 10.3. The van der Waals surface area contributed by atoms with E-state index in [1.54, 1.807) is 29.2 Å². The van der Waals surface area contributed by atoms with Gasteiger partial charge in [-0.15, -0.1) is 0 Å². The molecule has 2 rings (SSSR count). The summed E-state index contributed by atoms with van der Waals surface area (Å²) in [5.41, 5.74) is 0.927. The van der Waals surface area contributed by atoms with E-state index in [2.05, 4.69) is 10.3 Å². The minimum absolute atomic E-state index is 0.129. The number of carbonyl (C=O) groups excluding carboxylic acids is 2. The number of benzene rings is 1. The third-order valence-corrected chi connectivity index (χ3v) is 4.31. The average Bonchev–Trinajstić information content (AvgIpc) is 2.60. The number of carbonyl (C=O) groups is 2. The molecule has 0 unspecified atom stereocenters. The van der Waals surface area contributed by atoms with Gasteiger partial charge in [-0.05, 0) is 38.1 Å². The molecule has 0 fully saturated rings. The summed E-state index contributed by atoms with van der Waals surface area (Å²) >= 11 is 12.0. The molecule has 7 heteroatoms. The molecule has 5 nitrogen and oxygen atoms in total. The van der Waals surface area contributed by atoms with Crippen molar-refractivity contribution in [2.45, 2.75) is 13.8 Å². The number of pyridine rings is 1. The first-order valence-electron chi connectivity index (χ1n) is 7.48. The quantitative estimate of drug-likeness (QED) is 0.866. The van der Waals surface area contributed by atoms with Gasteiger partial charge in [0.25, 0.3) is 11.8 Å². The van der Waals surface area contributed by atoms with Crippen LogP contribution in [0.5, 0.6) is 0 Å². The van der Waals surface area contributed by atoms with Crippen LogP contribution < -0.4 is 5.32 Å². The molecular formula is C17H17Cl2N3O2. The summed E-state index contributed by atoms with van der Waals surface area (Å²) in [4.78, 5) is 30.4. The van der Waals surface area contributed by atoms with Gasteiger partial charge in [0.1, 0.15) is 5.69 Å². The molecule has 1 aromatic heterocycles. The van der Waals surface area contributed by atoms with E-state index < -0.39 is 5.91 Å². The Kier molecular flexibility index (Phi) is 6.17. The van der Waals surface area contributed by atoms with Crippen LogP contribution in [0.2, 0.25) is 10.0 Å². The highest BCUT2D eigenvalue weighted by Gasteiger charge is 2.16. The number of hydrogen-bond acceptors (Lipinski definition) is 3. The maximum absolute atomic E-state index is 12.4. The van der Waals surface area contributed by atoms with Crippen LogP contribution in [0.25, 0.3) is 0 Å². The van der Waals surface area contributed by atoms with Crippen molar-refractivity contribution in [1.29, 1.82) is 0 Å². The van der Waals surface area contributed by atoms with Crippen molar-refractivity contribution in [1.82, 2.24) is 9.88 Å². The van der Waals surface area contributed by atoms with Crippen LogP contribution in [0, 0.1) is 0 Å². The van der Waals surface area contributed by atoms with E-state index in [0.717, 1.165) is 0 Å². The minimum Gasteiger partial charge on any atom is -0.339 e. The maximum atomic E-state index is 12.4. The Balaban J connectivity index is 2.23. The molecular weight excluding hydrogens is 349 g/mol. The van der Waals surface area contributed by atoms with Gasteiger partial charge in [0.05, 0.1) is 15.7 Å². The number of aromatic nitrogens is 1. The van der Waals surface area contributed by atoms with Crippen molar-refractivity contribution < 1.29 is 9.59 Å². The summed E-state index contributed by atoms with van der Waals surface area (Å²) in [5.74, 6) is -0.606. The van der Waals surface area contributed by atoms with Crippen LogP contribution in [-0.4, -0.2) is 34.8 Å². The topological polar surface area (TPSA) is 62.3 Å². The van der Waals surface area contributed by atoms with Gasteiger partial charge in [0.2, 0.25) is 0 Å². The summed E-state index contributed by atoms with van der Waals surface area (Å²) in [6, 6.07) is 7.99. The number of rotatable bonds is 5. The van der Waals surface area contributed by atoms with Crippen LogP contribution in [0.4, 0.5) is 5.69 Å². The fourth-order valence-electron chi connectivity index (χ4n) is 2.17. The molecule has 0 saturated heterocycles. The molecule has 0 aliphatic heterocycles. The smallest absolute Gasteiger partial charge is 0.274 e. The van der Waals surface area contributed by atoms with Gasteiger partial charge >= 0.3 is 0 Å². The van der Waals surface area contributed by atoms with E-state index >= 15 is 0 Å². The molecule has 1 aromatic carbocycles. The first-order chi connectivity index (χ1) is 11.5. The monoisotopic (exact) mass is 365 g/mol. The first kappa shape index (κ1) is 18.2. The van der Waals surface area contributed by atoms with Crippen LogP contribution in [0.1, 0.15) is 34.7 Å². The van der Waals surface area contributed by atoms with Crippen LogP contribution in [0.15, 0.2) is 36.5 Å². The van der Waals surface area contributed by atoms with Crippen molar-refractivity contribution in [3.63, 3.8) is 0 Å². The second kappa shape index (κ2) is 8.13. The lowest BCUT2D eigenvalue weighted by atomic mass is 10.2. The highest BCUT2D eigenvalue weighted by Crippen LogP contribution is 2.29. The fraction of sp³-hybridized carbons (Fsp3) is 0.235. The zero-order valence-electron chi connectivity index (χ0n) is 13.3.